The van der Waals surface area contributed by atoms with E-state index in [4.69, 9.17) is 21.1 Å². The van der Waals surface area contributed by atoms with Gasteiger partial charge in [0.1, 0.15) is 6.54 Å². The van der Waals surface area contributed by atoms with Crippen molar-refractivity contribution in [3.8, 4) is 11.5 Å². The second-order valence-electron chi connectivity index (χ2n) is 9.80. The molecule has 1 saturated carbocycles. The van der Waals surface area contributed by atoms with Gasteiger partial charge in [-0.3, -0.25) is 19.3 Å². The molecule has 11 heteroatoms. The first-order valence-corrected chi connectivity index (χ1v) is 13.2. The van der Waals surface area contributed by atoms with E-state index in [9.17, 15) is 19.2 Å². The van der Waals surface area contributed by atoms with Crippen LogP contribution >= 0.6 is 11.6 Å². The zero-order valence-corrected chi connectivity index (χ0v) is 22.0. The fourth-order valence-electron chi connectivity index (χ4n) is 5.40. The number of hydrogen-bond donors (Lipinski definition) is 2. The van der Waals surface area contributed by atoms with Crippen molar-refractivity contribution in [2.24, 2.45) is 11.8 Å². The molecule has 0 spiro atoms. The highest BCUT2D eigenvalue weighted by Crippen LogP contribution is 2.38. The minimum atomic E-state index is -0.578. The Hall–Kier alpha value is -4.05. The smallest absolute Gasteiger partial charge is 0.327 e. The van der Waals surface area contributed by atoms with Gasteiger partial charge in [-0.05, 0) is 55.2 Å². The molecule has 2 fully saturated rings. The third-order valence-corrected chi connectivity index (χ3v) is 7.52. The summed E-state index contributed by atoms with van der Waals surface area (Å²) in [6, 6.07) is 11.0. The van der Waals surface area contributed by atoms with Gasteiger partial charge in [0.25, 0.3) is 0 Å². The van der Waals surface area contributed by atoms with E-state index in [1.807, 2.05) is 12.1 Å². The first kappa shape index (κ1) is 26.6. The molecule has 2 aromatic carbocycles. The third kappa shape index (κ3) is 5.70. The van der Waals surface area contributed by atoms with Crippen LogP contribution in [-0.2, 0) is 20.9 Å². The SMILES string of the molecule is C=CCN1C(=O)C2CCC(C(=O)NCc3ccc4c(c3)OCO4)CC2N(CC(=O)Nc2cccc(Cl)c2)C1=O. The monoisotopic (exact) mass is 552 g/mol. The van der Waals surface area contributed by atoms with Crippen LogP contribution in [-0.4, -0.2) is 59.5 Å². The van der Waals surface area contributed by atoms with E-state index < -0.39 is 29.8 Å². The topological polar surface area (TPSA) is 117 Å². The van der Waals surface area contributed by atoms with Crippen molar-refractivity contribution in [2.75, 3.05) is 25.2 Å². The summed E-state index contributed by atoms with van der Waals surface area (Å²) in [5.74, 6) is -0.493. The molecule has 0 bridgehead atoms. The average Bonchev–Trinajstić information content (AvgIpc) is 3.40. The standard InChI is InChI=1S/C28H29ClN4O6/c1-2-10-32-27(36)21-8-7-18(26(35)30-14-17-6-9-23-24(11-17)39-16-38-23)12-22(21)33(28(32)37)15-25(34)31-20-5-3-4-19(29)13-20/h2-6,9,11,13,18,21-22H,1,7-8,10,12,14-16H2,(H,30,35)(H,31,34). The van der Waals surface area contributed by atoms with E-state index in [2.05, 4.69) is 17.2 Å². The van der Waals surface area contributed by atoms with Gasteiger partial charge in [-0.2, -0.15) is 0 Å². The highest BCUT2D eigenvalue weighted by atomic mass is 35.5. The maximum Gasteiger partial charge on any atom is 0.327 e. The summed E-state index contributed by atoms with van der Waals surface area (Å²) in [6.07, 6.45) is 2.69. The van der Waals surface area contributed by atoms with Crippen molar-refractivity contribution < 1.29 is 28.7 Å². The number of rotatable bonds is 8. The Balaban J connectivity index is 1.28. The molecule has 1 aliphatic carbocycles. The largest absolute Gasteiger partial charge is 0.454 e. The normalized spacial score (nSPS) is 21.8. The van der Waals surface area contributed by atoms with Gasteiger partial charge >= 0.3 is 6.03 Å². The highest BCUT2D eigenvalue weighted by Gasteiger charge is 2.49. The zero-order valence-electron chi connectivity index (χ0n) is 21.2. The van der Waals surface area contributed by atoms with E-state index in [1.165, 1.54) is 11.0 Å². The maximum atomic E-state index is 13.4. The summed E-state index contributed by atoms with van der Waals surface area (Å²) in [6.45, 7) is 3.91. The summed E-state index contributed by atoms with van der Waals surface area (Å²) < 4.78 is 10.7. The van der Waals surface area contributed by atoms with Crippen molar-refractivity contribution in [1.29, 1.82) is 0 Å². The van der Waals surface area contributed by atoms with E-state index in [0.29, 0.717) is 41.6 Å². The predicted molar refractivity (Wildman–Crippen MR) is 143 cm³/mol. The summed E-state index contributed by atoms with van der Waals surface area (Å²) in [5, 5.41) is 6.18. The molecule has 204 valence electrons. The van der Waals surface area contributed by atoms with Crippen LogP contribution in [0.4, 0.5) is 10.5 Å². The van der Waals surface area contributed by atoms with Crippen molar-refractivity contribution >= 4 is 41.0 Å². The molecule has 2 N–H and O–H groups in total. The minimum absolute atomic E-state index is 0.0484. The van der Waals surface area contributed by atoms with Crippen LogP contribution < -0.4 is 20.1 Å². The van der Waals surface area contributed by atoms with E-state index >= 15 is 0 Å². The van der Waals surface area contributed by atoms with Crippen LogP contribution in [0.1, 0.15) is 24.8 Å². The number of amides is 5. The van der Waals surface area contributed by atoms with Crippen molar-refractivity contribution in [3.05, 3.63) is 65.7 Å². The molecule has 5 amide bonds. The highest BCUT2D eigenvalue weighted by molar-refractivity contribution is 6.30. The number of fused-ring (bicyclic) bond motifs is 2. The number of carbonyl (C=O) groups is 4. The molecule has 0 aromatic heterocycles. The average molecular weight is 553 g/mol. The van der Waals surface area contributed by atoms with Crippen LogP contribution in [0.2, 0.25) is 5.02 Å². The van der Waals surface area contributed by atoms with Gasteiger partial charge in [-0.1, -0.05) is 29.8 Å². The van der Waals surface area contributed by atoms with Crippen molar-refractivity contribution in [1.82, 2.24) is 15.1 Å². The van der Waals surface area contributed by atoms with Crippen LogP contribution in [0.5, 0.6) is 11.5 Å². The number of hydrogen-bond acceptors (Lipinski definition) is 6. The van der Waals surface area contributed by atoms with Crippen molar-refractivity contribution in [3.63, 3.8) is 0 Å². The number of anilines is 1. The number of ether oxygens (including phenoxy) is 2. The number of carbonyl (C=O) groups excluding carboxylic acids is 4. The van der Waals surface area contributed by atoms with Gasteiger partial charge in [0.15, 0.2) is 11.5 Å². The Morgan fingerprint density at radius 2 is 1.92 bits per heavy atom. The molecule has 10 nitrogen and oxygen atoms in total. The summed E-state index contributed by atoms with van der Waals surface area (Å²) in [7, 11) is 0. The maximum absolute atomic E-state index is 13.4. The molecular formula is C28H29ClN4O6. The van der Waals surface area contributed by atoms with Crippen molar-refractivity contribution in [2.45, 2.75) is 31.8 Å². The number of benzene rings is 2. The summed E-state index contributed by atoms with van der Waals surface area (Å²) >= 11 is 6.02. The van der Waals surface area contributed by atoms with E-state index in [1.54, 1.807) is 30.3 Å². The first-order chi connectivity index (χ1) is 18.8. The van der Waals surface area contributed by atoms with Gasteiger partial charge in [-0.15, -0.1) is 6.58 Å². The molecule has 5 rings (SSSR count). The number of nitrogens with zero attached hydrogens (tertiary/aromatic N) is 2. The van der Waals surface area contributed by atoms with Gasteiger partial charge in [0.2, 0.25) is 24.5 Å². The fraction of sp³-hybridized carbons (Fsp3) is 0.357. The molecule has 3 atom stereocenters. The van der Waals surface area contributed by atoms with Gasteiger partial charge in [0.05, 0.1) is 5.92 Å². The van der Waals surface area contributed by atoms with Crippen LogP contribution in [0.3, 0.4) is 0 Å². The molecular weight excluding hydrogens is 524 g/mol. The lowest BCUT2D eigenvalue weighted by Gasteiger charge is -2.47. The Bertz CT molecular complexity index is 1320. The third-order valence-electron chi connectivity index (χ3n) is 7.29. The molecule has 0 radical (unpaired) electrons. The van der Waals surface area contributed by atoms with Gasteiger partial charge in [0, 0.05) is 35.8 Å². The van der Waals surface area contributed by atoms with E-state index in [-0.39, 0.29) is 38.1 Å². The molecule has 3 aliphatic rings. The lowest BCUT2D eigenvalue weighted by atomic mass is 9.75. The summed E-state index contributed by atoms with van der Waals surface area (Å²) in [5.41, 5.74) is 1.36. The Labute approximate surface area is 230 Å². The molecule has 2 aliphatic heterocycles. The molecule has 39 heavy (non-hydrogen) atoms. The first-order valence-electron chi connectivity index (χ1n) is 12.8. The van der Waals surface area contributed by atoms with Crippen LogP contribution in [0, 0.1) is 11.8 Å². The Morgan fingerprint density at radius 1 is 1.10 bits per heavy atom. The quantitative estimate of drug-likeness (QED) is 0.484. The van der Waals surface area contributed by atoms with Gasteiger partial charge in [-0.25, -0.2) is 4.79 Å². The number of urea groups is 1. The Kier molecular flexibility index (Phi) is 7.74. The number of halogens is 1. The van der Waals surface area contributed by atoms with Crippen LogP contribution in [0.25, 0.3) is 0 Å². The number of imide groups is 1. The molecule has 2 aromatic rings. The predicted octanol–water partition coefficient (Wildman–Crippen LogP) is 3.56. The lowest BCUT2D eigenvalue weighted by Crippen LogP contribution is -2.64. The summed E-state index contributed by atoms with van der Waals surface area (Å²) in [4.78, 5) is 55.2. The lowest BCUT2D eigenvalue weighted by molar-refractivity contribution is -0.144. The molecule has 3 unspecified atom stereocenters. The van der Waals surface area contributed by atoms with E-state index in [0.717, 1.165) is 10.5 Å². The van der Waals surface area contributed by atoms with Gasteiger partial charge < -0.3 is 25.0 Å². The van der Waals surface area contributed by atoms with Crippen LogP contribution in [0.15, 0.2) is 55.1 Å². The number of nitrogens with one attached hydrogen (secondary N) is 2. The molecule has 2 heterocycles. The minimum Gasteiger partial charge on any atom is -0.454 e. The second kappa shape index (κ2) is 11.4. The fourth-order valence-corrected chi connectivity index (χ4v) is 5.59. The second-order valence-corrected chi connectivity index (χ2v) is 10.2. The zero-order chi connectivity index (χ0) is 27.5. The Morgan fingerprint density at radius 3 is 2.72 bits per heavy atom. The molecule has 1 saturated heterocycles.